The van der Waals surface area contributed by atoms with Gasteiger partial charge in [0.1, 0.15) is 0 Å². The minimum atomic E-state index is -0.623. The fourth-order valence-corrected chi connectivity index (χ4v) is 2.92. The highest BCUT2D eigenvalue weighted by molar-refractivity contribution is 5.71. The molecule has 0 aromatic carbocycles. The van der Waals surface area contributed by atoms with Gasteiger partial charge in [0.05, 0.1) is 5.92 Å². The van der Waals surface area contributed by atoms with E-state index < -0.39 is 5.97 Å². The number of carboxylic acids is 1. The molecule has 1 saturated heterocycles. The Balaban J connectivity index is 1.77. The summed E-state index contributed by atoms with van der Waals surface area (Å²) in [5, 5.41) is 8.82. The van der Waals surface area contributed by atoms with Crippen LogP contribution in [0.1, 0.15) is 39.0 Å². The first-order valence-electron chi connectivity index (χ1n) is 6.15. The van der Waals surface area contributed by atoms with Crippen LogP contribution in [0.5, 0.6) is 0 Å². The quantitative estimate of drug-likeness (QED) is 0.776. The fourth-order valence-electron chi connectivity index (χ4n) is 2.92. The van der Waals surface area contributed by atoms with Crippen molar-refractivity contribution < 1.29 is 9.90 Å². The molecular formula is C12H21NO2. The highest BCUT2D eigenvalue weighted by atomic mass is 16.4. The number of hydrogen-bond acceptors (Lipinski definition) is 2. The van der Waals surface area contributed by atoms with Gasteiger partial charge in [0.25, 0.3) is 0 Å². The maximum absolute atomic E-state index is 10.7. The zero-order valence-corrected chi connectivity index (χ0v) is 9.48. The van der Waals surface area contributed by atoms with Crippen molar-refractivity contribution in [2.45, 2.75) is 45.1 Å². The minimum Gasteiger partial charge on any atom is -0.481 e. The van der Waals surface area contributed by atoms with E-state index in [1.807, 2.05) is 0 Å². The van der Waals surface area contributed by atoms with E-state index in [2.05, 4.69) is 11.8 Å². The molecular weight excluding hydrogens is 190 g/mol. The summed E-state index contributed by atoms with van der Waals surface area (Å²) in [7, 11) is 0. The van der Waals surface area contributed by atoms with Gasteiger partial charge in [-0.2, -0.15) is 0 Å². The van der Waals surface area contributed by atoms with Crippen molar-refractivity contribution in [3.05, 3.63) is 0 Å². The van der Waals surface area contributed by atoms with Crippen molar-refractivity contribution in [2.24, 2.45) is 11.8 Å². The number of rotatable bonds is 3. The van der Waals surface area contributed by atoms with Gasteiger partial charge in [0.15, 0.2) is 0 Å². The molecule has 1 unspecified atom stereocenters. The third kappa shape index (κ3) is 2.33. The van der Waals surface area contributed by atoms with E-state index in [0.29, 0.717) is 6.04 Å². The number of hydrogen-bond donors (Lipinski definition) is 1. The Hall–Kier alpha value is -0.570. The van der Waals surface area contributed by atoms with E-state index in [1.54, 1.807) is 0 Å². The van der Waals surface area contributed by atoms with Crippen LogP contribution in [0.4, 0.5) is 0 Å². The first-order chi connectivity index (χ1) is 7.18. The topological polar surface area (TPSA) is 40.5 Å². The average Bonchev–Trinajstić information content (AvgIpc) is 2.16. The van der Waals surface area contributed by atoms with Crippen LogP contribution in [0, 0.1) is 11.8 Å². The zero-order chi connectivity index (χ0) is 10.8. The summed E-state index contributed by atoms with van der Waals surface area (Å²) in [6.45, 7) is 3.81. The van der Waals surface area contributed by atoms with Crippen molar-refractivity contribution in [2.75, 3.05) is 13.1 Å². The lowest BCUT2D eigenvalue weighted by molar-refractivity contribution is -0.149. The second kappa shape index (κ2) is 4.52. The SMILES string of the molecule is CC(C1CCCCC1)N1CC(C(=O)O)C1. The van der Waals surface area contributed by atoms with E-state index in [0.717, 1.165) is 19.0 Å². The summed E-state index contributed by atoms with van der Waals surface area (Å²) in [6.07, 6.45) is 6.81. The molecule has 2 rings (SSSR count). The predicted octanol–water partition coefficient (Wildman–Crippen LogP) is 1.97. The van der Waals surface area contributed by atoms with Crippen molar-refractivity contribution >= 4 is 5.97 Å². The Kier molecular flexibility index (Phi) is 3.29. The van der Waals surface area contributed by atoms with Gasteiger partial charge in [-0.15, -0.1) is 0 Å². The second-order valence-corrected chi connectivity index (χ2v) is 5.13. The van der Waals surface area contributed by atoms with Gasteiger partial charge in [-0.3, -0.25) is 9.69 Å². The molecule has 0 amide bonds. The van der Waals surface area contributed by atoms with Crippen LogP contribution in [0.15, 0.2) is 0 Å². The Bertz CT molecular complexity index is 230. The Morgan fingerprint density at radius 1 is 1.27 bits per heavy atom. The van der Waals surface area contributed by atoms with Crippen molar-refractivity contribution in [3.63, 3.8) is 0 Å². The largest absolute Gasteiger partial charge is 0.481 e. The number of likely N-dealkylation sites (tertiary alicyclic amines) is 1. The number of nitrogens with zero attached hydrogens (tertiary/aromatic N) is 1. The second-order valence-electron chi connectivity index (χ2n) is 5.13. The summed E-state index contributed by atoms with van der Waals surface area (Å²) in [6, 6.07) is 0.598. The maximum atomic E-state index is 10.7. The molecule has 1 heterocycles. The normalized spacial score (nSPS) is 27.3. The lowest BCUT2D eigenvalue weighted by Gasteiger charge is -2.45. The Labute approximate surface area is 91.5 Å². The standard InChI is InChI=1S/C12H21NO2/c1-9(10-5-3-2-4-6-10)13-7-11(8-13)12(14)15/h9-11H,2-8H2,1H3,(H,14,15). The molecule has 0 radical (unpaired) electrons. The van der Waals surface area contributed by atoms with E-state index in [1.165, 1.54) is 32.1 Å². The molecule has 0 aromatic heterocycles. The van der Waals surface area contributed by atoms with Crippen LogP contribution in [0.2, 0.25) is 0 Å². The van der Waals surface area contributed by atoms with Gasteiger partial charge in [0.2, 0.25) is 0 Å². The van der Waals surface area contributed by atoms with Crippen LogP contribution in [0.3, 0.4) is 0 Å². The molecule has 1 aliphatic carbocycles. The van der Waals surface area contributed by atoms with Crippen molar-refractivity contribution in [1.82, 2.24) is 4.90 Å². The number of carbonyl (C=O) groups is 1. The van der Waals surface area contributed by atoms with E-state index in [9.17, 15) is 4.79 Å². The lowest BCUT2D eigenvalue weighted by atomic mass is 9.82. The fraction of sp³-hybridized carbons (Fsp3) is 0.917. The van der Waals surface area contributed by atoms with Gasteiger partial charge in [-0.1, -0.05) is 19.3 Å². The average molecular weight is 211 g/mol. The highest BCUT2D eigenvalue weighted by Crippen LogP contribution is 2.31. The van der Waals surface area contributed by atoms with Gasteiger partial charge in [0, 0.05) is 19.1 Å². The molecule has 0 aromatic rings. The molecule has 1 saturated carbocycles. The highest BCUT2D eigenvalue weighted by Gasteiger charge is 2.37. The van der Waals surface area contributed by atoms with Crippen molar-refractivity contribution in [1.29, 1.82) is 0 Å². The Morgan fingerprint density at radius 2 is 1.87 bits per heavy atom. The molecule has 15 heavy (non-hydrogen) atoms. The summed E-state index contributed by atoms with van der Waals surface area (Å²) >= 11 is 0. The van der Waals surface area contributed by atoms with Crippen LogP contribution in [0.25, 0.3) is 0 Å². The first-order valence-corrected chi connectivity index (χ1v) is 6.15. The van der Waals surface area contributed by atoms with Crippen LogP contribution >= 0.6 is 0 Å². The minimum absolute atomic E-state index is 0.101. The summed E-state index contributed by atoms with van der Waals surface area (Å²) in [4.78, 5) is 13.0. The molecule has 3 nitrogen and oxygen atoms in total. The lowest BCUT2D eigenvalue weighted by Crippen LogP contribution is -2.56. The van der Waals surface area contributed by atoms with Crippen LogP contribution in [-0.2, 0) is 4.79 Å². The molecule has 1 atom stereocenters. The molecule has 2 fully saturated rings. The van der Waals surface area contributed by atoms with Crippen LogP contribution in [-0.4, -0.2) is 35.1 Å². The first kappa shape index (κ1) is 10.9. The molecule has 1 aliphatic heterocycles. The molecule has 86 valence electrons. The molecule has 0 spiro atoms. The van der Waals surface area contributed by atoms with Crippen LogP contribution < -0.4 is 0 Å². The van der Waals surface area contributed by atoms with E-state index >= 15 is 0 Å². The van der Waals surface area contributed by atoms with Gasteiger partial charge in [-0.05, 0) is 25.7 Å². The third-order valence-electron chi connectivity index (χ3n) is 4.17. The molecule has 2 aliphatic rings. The molecule has 1 N–H and O–H groups in total. The third-order valence-corrected chi connectivity index (χ3v) is 4.17. The van der Waals surface area contributed by atoms with Gasteiger partial charge in [-0.25, -0.2) is 0 Å². The van der Waals surface area contributed by atoms with Crippen molar-refractivity contribution in [3.8, 4) is 0 Å². The van der Waals surface area contributed by atoms with E-state index in [-0.39, 0.29) is 5.92 Å². The molecule has 0 bridgehead atoms. The number of carboxylic acid groups (broad SMARTS) is 1. The Morgan fingerprint density at radius 3 is 2.40 bits per heavy atom. The summed E-state index contributed by atoms with van der Waals surface area (Å²) < 4.78 is 0. The van der Waals surface area contributed by atoms with E-state index in [4.69, 9.17) is 5.11 Å². The monoisotopic (exact) mass is 211 g/mol. The number of aliphatic carboxylic acids is 1. The molecule has 3 heteroatoms. The zero-order valence-electron chi connectivity index (χ0n) is 9.48. The van der Waals surface area contributed by atoms with Gasteiger partial charge < -0.3 is 5.11 Å². The van der Waals surface area contributed by atoms with Gasteiger partial charge >= 0.3 is 5.97 Å². The summed E-state index contributed by atoms with van der Waals surface area (Å²) in [5.74, 6) is 0.0895. The summed E-state index contributed by atoms with van der Waals surface area (Å²) in [5.41, 5.74) is 0. The maximum Gasteiger partial charge on any atom is 0.309 e. The smallest absolute Gasteiger partial charge is 0.309 e. The predicted molar refractivity (Wildman–Crippen MR) is 58.7 cm³/mol.